The lowest BCUT2D eigenvalue weighted by Gasteiger charge is -2.31. The lowest BCUT2D eigenvalue weighted by atomic mass is 10.2. The summed E-state index contributed by atoms with van der Waals surface area (Å²) in [6.45, 7) is 5.17. The van der Waals surface area contributed by atoms with Gasteiger partial charge in [-0.1, -0.05) is 29.3 Å². The van der Waals surface area contributed by atoms with Crippen LogP contribution in [0.3, 0.4) is 0 Å². The first-order valence-corrected chi connectivity index (χ1v) is 8.25. The van der Waals surface area contributed by atoms with Crippen molar-refractivity contribution in [1.82, 2.24) is 15.3 Å². The van der Waals surface area contributed by atoms with Crippen molar-refractivity contribution in [3.05, 3.63) is 46.2 Å². The van der Waals surface area contributed by atoms with Crippen molar-refractivity contribution in [2.75, 3.05) is 24.5 Å². The van der Waals surface area contributed by atoms with Crippen LogP contribution in [0.2, 0.25) is 10.0 Å². The Labute approximate surface area is 145 Å². The van der Waals surface area contributed by atoms with E-state index in [4.69, 9.17) is 27.9 Å². The smallest absolute Gasteiger partial charge is 0.225 e. The Kier molecular flexibility index (Phi) is 5.20. The standard InChI is InChI=1S/C16H18Cl2N4O/c1-11-9-22(6-5-19-11)16-20-7-12(8-21-16)23-10-13-14(17)3-2-4-15(13)18/h2-4,7-8,11,19H,5-6,9-10H2,1H3. The number of halogens is 2. The molecule has 2 aromatic rings. The number of hydrogen-bond donors (Lipinski definition) is 1. The molecule has 0 saturated carbocycles. The number of hydrogen-bond acceptors (Lipinski definition) is 5. The predicted molar refractivity (Wildman–Crippen MR) is 92.5 cm³/mol. The zero-order valence-electron chi connectivity index (χ0n) is 12.8. The van der Waals surface area contributed by atoms with E-state index in [0.29, 0.717) is 21.8 Å². The van der Waals surface area contributed by atoms with Crippen LogP contribution in [0.5, 0.6) is 5.75 Å². The molecule has 0 spiro atoms. The van der Waals surface area contributed by atoms with Gasteiger partial charge in [0.25, 0.3) is 0 Å². The number of piperazine rings is 1. The van der Waals surface area contributed by atoms with Crippen LogP contribution in [0.1, 0.15) is 12.5 Å². The molecule has 1 aliphatic heterocycles. The van der Waals surface area contributed by atoms with Crippen LogP contribution >= 0.6 is 23.2 Å². The summed E-state index contributed by atoms with van der Waals surface area (Å²) in [5.41, 5.74) is 0.760. The summed E-state index contributed by atoms with van der Waals surface area (Å²) in [4.78, 5) is 10.9. The van der Waals surface area contributed by atoms with E-state index in [1.54, 1.807) is 30.6 Å². The first-order chi connectivity index (χ1) is 11.1. The van der Waals surface area contributed by atoms with Gasteiger partial charge in [0.1, 0.15) is 6.61 Å². The maximum absolute atomic E-state index is 6.13. The van der Waals surface area contributed by atoms with Crippen molar-refractivity contribution in [3.63, 3.8) is 0 Å². The molecule has 0 radical (unpaired) electrons. The van der Waals surface area contributed by atoms with E-state index in [-0.39, 0.29) is 6.61 Å². The summed E-state index contributed by atoms with van der Waals surface area (Å²) >= 11 is 12.3. The summed E-state index contributed by atoms with van der Waals surface area (Å²) in [5.74, 6) is 1.31. The second-order valence-corrected chi connectivity index (χ2v) is 6.32. The average molecular weight is 353 g/mol. The highest BCUT2D eigenvalue weighted by molar-refractivity contribution is 6.35. The molecule has 122 valence electrons. The molecular weight excluding hydrogens is 335 g/mol. The van der Waals surface area contributed by atoms with Crippen molar-refractivity contribution in [1.29, 1.82) is 0 Å². The molecular formula is C16H18Cl2N4O. The van der Waals surface area contributed by atoms with E-state index < -0.39 is 0 Å². The summed E-state index contributed by atoms with van der Waals surface area (Å²) in [5, 5.41) is 4.57. The minimum absolute atomic E-state index is 0.284. The van der Waals surface area contributed by atoms with Crippen LogP contribution in [0.15, 0.2) is 30.6 Å². The second-order valence-electron chi connectivity index (χ2n) is 5.51. The van der Waals surface area contributed by atoms with Crippen LogP contribution in [0.25, 0.3) is 0 Å². The molecule has 1 unspecified atom stereocenters. The molecule has 1 N–H and O–H groups in total. The SMILES string of the molecule is CC1CN(c2ncc(OCc3c(Cl)cccc3Cl)cn2)CCN1. The van der Waals surface area contributed by atoms with E-state index in [1.165, 1.54) is 0 Å². The number of anilines is 1. The molecule has 1 aromatic carbocycles. The van der Waals surface area contributed by atoms with Gasteiger partial charge in [-0.05, 0) is 19.1 Å². The molecule has 1 aromatic heterocycles. The quantitative estimate of drug-likeness (QED) is 0.915. The van der Waals surface area contributed by atoms with Gasteiger partial charge in [0.05, 0.1) is 12.4 Å². The second kappa shape index (κ2) is 7.34. The Morgan fingerprint density at radius 3 is 2.61 bits per heavy atom. The van der Waals surface area contributed by atoms with Gasteiger partial charge in [0.2, 0.25) is 5.95 Å². The molecule has 1 aliphatic rings. The van der Waals surface area contributed by atoms with Gasteiger partial charge in [-0.2, -0.15) is 0 Å². The molecule has 5 nitrogen and oxygen atoms in total. The summed E-state index contributed by atoms with van der Waals surface area (Å²) in [6.07, 6.45) is 3.36. The topological polar surface area (TPSA) is 50.3 Å². The zero-order valence-corrected chi connectivity index (χ0v) is 14.3. The lowest BCUT2D eigenvalue weighted by Crippen LogP contribution is -2.49. The Morgan fingerprint density at radius 2 is 1.96 bits per heavy atom. The van der Waals surface area contributed by atoms with Gasteiger partial charge in [0, 0.05) is 41.3 Å². The highest BCUT2D eigenvalue weighted by Gasteiger charge is 2.17. The van der Waals surface area contributed by atoms with Crippen LogP contribution in [0.4, 0.5) is 5.95 Å². The van der Waals surface area contributed by atoms with Crippen molar-refractivity contribution in [2.24, 2.45) is 0 Å². The number of rotatable bonds is 4. The first-order valence-electron chi connectivity index (χ1n) is 7.49. The fraction of sp³-hybridized carbons (Fsp3) is 0.375. The number of aromatic nitrogens is 2. The lowest BCUT2D eigenvalue weighted by molar-refractivity contribution is 0.303. The first kappa shape index (κ1) is 16.3. The van der Waals surface area contributed by atoms with Gasteiger partial charge >= 0.3 is 0 Å². The number of benzene rings is 1. The molecule has 1 atom stereocenters. The van der Waals surface area contributed by atoms with E-state index in [1.807, 2.05) is 0 Å². The van der Waals surface area contributed by atoms with E-state index >= 15 is 0 Å². The minimum atomic E-state index is 0.284. The summed E-state index contributed by atoms with van der Waals surface area (Å²) < 4.78 is 5.69. The highest BCUT2D eigenvalue weighted by atomic mass is 35.5. The molecule has 0 amide bonds. The molecule has 0 bridgehead atoms. The third-order valence-corrected chi connectivity index (χ3v) is 4.42. The maximum atomic E-state index is 6.13. The van der Waals surface area contributed by atoms with Gasteiger partial charge in [-0.25, -0.2) is 9.97 Å². The molecule has 1 saturated heterocycles. The van der Waals surface area contributed by atoms with Crippen LogP contribution in [-0.4, -0.2) is 35.6 Å². The van der Waals surface area contributed by atoms with Crippen molar-refractivity contribution >= 4 is 29.2 Å². The summed E-state index contributed by atoms with van der Waals surface area (Å²) in [6, 6.07) is 5.82. The Bertz CT molecular complexity index is 645. The largest absolute Gasteiger partial charge is 0.486 e. The van der Waals surface area contributed by atoms with E-state index in [2.05, 4.69) is 27.1 Å². The van der Waals surface area contributed by atoms with Crippen LogP contribution < -0.4 is 15.0 Å². The number of nitrogens with one attached hydrogen (secondary N) is 1. The fourth-order valence-corrected chi connectivity index (χ4v) is 2.99. The Morgan fingerprint density at radius 1 is 1.26 bits per heavy atom. The number of ether oxygens (including phenoxy) is 1. The van der Waals surface area contributed by atoms with Gasteiger partial charge < -0.3 is 15.0 Å². The van der Waals surface area contributed by atoms with Crippen LogP contribution in [0, 0.1) is 0 Å². The van der Waals surface area contributed by atoms with Crippen molar-refractivity contribution < 1.29 is 4.74 Å². The molecule has 3 rings (SSSR count). The Balaban J connectivity index is 1.63. The molecule has 7 heteroatoms. The van der Waals surface area contributed by atoms with Crippen LogP contribution in [-0.2, 0) is 6.61 Å². The van der Waals surface area contributed by atoms with Crippen molar-refractivity contribution in [2.45, 2.75) is 19.6 Å². The van der Waals surface area contributed by atoms with Gasteiger partial charge in [0.15, 0.2) is 5.75 Å². The van der Waals surface area contributed by atoms with E-state index in [9.17, 15) is 0 Å². The molecule has 2 heterocycles. The molecule has 1 fully saturated rings. The summed E-state index contributed by atoms with van der Waals surface area (Å²) in [7, 11) is 0. The molecule has 0 aliphatic carbocycles. The van der Waals surface area contributed by atoms with Gasteiger partial charge in [-0.15, -0.1) is 0 Å². The minimum Gasteiger partial charge on any atom is -0.486 e. The normalized spacial score (nSPS) is 18.0. The predicted octanol–water partition coefficient (Wildman–Crippen LogP) is 3.16. The van der Waals surface area contributed by atoms with Crippen molar-refractivity contribution in [3.8, 4) is 5.75 Å². The number of nitrogens with zero attached hydrogens (tertiary/aromatic N) is 3. The Hall–Kier alpha value is -1.56. The fourth-order valence-electron chi connectivity index (χ4n) is 2.49. The monoisotopic (exact) mass is 352 g/mol. The zero-order chi connectivity index (χ0) is 16.2. The third-order valence-electron chi connectivity index (χ3n) is 3.71. The van der Waals surface area contributed by atoms with E-state index in [0.717, 1.165) is 31.1 Å². The molecule has 23 heavy (non-hydrogen) atoms. The third kappa shape index (κ3) is 4.05. The van der Waals surface area contributed by atoms with Gasteiger partial charge in [-0.3, -0.25) is 0 Å². The average Bonchev–Trinajstić information content (AvgIpc) is 2.55. The maximum Gasteiger partial charge on any atom is 0.225 e. The highest BCUT2D eigenvalue weighted by Crippen LogP contribution is 2.25.